The van der Waals surface area contributed by atoms with Crippen molar-refractivity contribution in [1.29, 1.82) is 0 Å². The average molecular weight is 488 g/mol. The number of carbonyl (C=O) groups excluding carboxylic acids is 1. The number of benzene rings is 2. The third kappa shape index (κ3) is 5.38. The number of fused-ring (bicyclic) bond motifs is 1. The lowest BCUT2D eigenvalue weighted by Crippen LogP contribution is -2.16. The zero-order valence-corrected chi connectivity index (χ0v) is 19.9. The Labute approximate surface area is 208 Å². The second-order valence-electron chi connectivity index (χ2n) is 9.21. The molecule has 6 nitrogen and oxygen atoms in total. The topological polar surface area (TPSA) is 83.7 Å². The summed E-state index contributed by atoms with van der Waals surface area (Å²) in [7, 11) is 0. The number of aromatic nitrogens is 2. The van der Waals surface area contributed by atoms with Gasteiger partial charge in [0.25, 0.3) is 5.91 Å². The van der Waals surface area contributed by atoms with Crippen LogP contribution in [0, 0.1) is 5.92 Å². The van der Waals surface area contributed by atoms with Gasteiger partial charge in [0.1, 0.15) is 11.3 Å². The smallest absolute Gasteiger partial charge is 0.303 e. The van der Waals surface area contributed by atoms with Gasteiger partial charge in [-0.05, 0) is 84.5 Å². The number of carboxylic acid groups (broad SMARTS) is 1. The number of hydrogen-bond donors (Lipinski definition) is 2. The predicted molar refractivity (Wildman–Crippen MR) is 137 cm³/mol. The van der Waals surface area contributed by atoms with Crippen molar-refractivity contribution in [1.82, 2.24) is 9.38 Å². The van der Waals surface area contributed by atoms with Gasteiger partial charge in [0.15, 0.2) is 0 Å². The molecule has 0 radical (unpaired) electrons. The zero-order valence-electron chi connectivity index (χ0n) is 19.2. The molecule has 35 heavy (non-hydrogen) atoms. The third-order valence-electron chi connectivity index (χ3n) is 6.79. The van der Waals surface area contributed by atoms with Gasteiger partial charge >= 0.3 is 5.97 Å². The summed E-state index contributed by atoms with van der Waals surface area (Å²) in [4.78, 5) is 28.1. The zero-order chi connectivity index (χ0) is 24.4. The standard InChI is InChI=1S/C28H26ClN3O3/c29-23-2-1-3-24(15-23)30-28(35)25-17-32-16-22(12-13-26(32)31-25)21-10-8-20(9-11-21)19-6-4-18(5-7-19)14-27(33)34/h1-3,8-13,15-19H,4-7,14H2,(H,30,35)(H,33,34). The predicted octanol–water partition coefficient (Wildman–Crippen LogP) is 6.66. The molecule has 178 valence electrons. The number of carbonyl (C=O) groups is 2. The highest BCUT2D eigenvalue weighted by Gasteiger charge is 2.24. The molecule has 5 rings (SSSR count). The van der Waals surface area contributed by atoms with Crippen LogP contribution in [0.1, 0.15) is 54.1 Å². The van der Waals surface area contributed by atoms with Gasteiger partial charge in [-0.15, -0.1) is 0 Å². The van der Waals surface area contributed by atoms with Crippen LogP contribution >= 0.6 is 11.6 Å². The van der Waals surface area contributed by atoms with Gasteiger partial charge in [0.05, 0.1) is 0 Å². The number of hydrogen-bond acceptors (Lipinski definition) is 3. The molecule has 1 aliphatic carbocycles. The van der Waals surface area contributed by atoms with E-state index in [1.807, 2.05) is 22.7 Å². The number of nitrogens with one attached hydrogen (secondary N) is 1. The summed E-state index contributed by atoms with van der Waals surface area (Å²) >= 11 is 6.00. The van der Waals surface area contributed by atoms with Crippen molar-refractivity contribution in [3.63, 3.8) is 0 Å². The molecule has 7 heteroatoms. The van der Waals surface area contributed by atoms with E-state index in [2.05, 4.69) is 34.6 Å². The molecule has 1 aliphatic rings. The summed E-state index contributed by atoms with van der Waals surface area (Å²) in [5, 5.41) is 12.4. The van der Waals surface area contributed by atoms with E-state index in [1.165, 1.54) is 5.56 Å². The van der Waals surface area contributed by atoms with Crippen LogP contribution in [0.15, 0.2) is 73.1 Å². The van der Waals surface area contributed by atoms with Crippen molar-refractivity contribution >= 4 is 34.8 Å². The highest BCUT2D eigenvalue weighted by molar-refractivity contribution is 6.30. The fourth-order valence-electron chi connectivity index (χ4n) is 4.93. The molecule has 0 saturated heterocycles. The summed E-state index contributed by atoms with van der Waals surface area (Å²) in [6, 6.07) is 19.5. The maximum Gasteiger partial charge on any atom is 0.303 e. The fourth-order valence-corrected chi connectivity index (χ4v) is 5.12. The van der Waals surface area contributed by atoms with Crippen LogP contribution in [-0.4, -0.2) is 26.4 Å². The Hall–Kier alpha value is -3.64. The molecule has 0 atom stereocenters. The molecule has 4 aromatic rings. The van der Waals surface area contributed by atoms with E-state index in [4.69, 9.17) is 16.7 Å². The van der Waals surface area contributed by atoms with Crippen LogP contribution in [0.4, 0.5) is 5.69 Å². The van der Waals surface area contributed by atoms with Crippen molar-refractivity contribution in [3.05, 3.63) is 89.3 Å². The van der Waals surface area contributed by atoms with Crippen LogP contribution in [0.3, 0.4) is 0 Å². The lowest BCUT2D eigenvalue weighted by atomic mass is 9.77. The Morgan fingerprint density at radius 1 is 0.971 bits per heavy atom. The highest BCUT2D eigenvalue weighted by atomic mass is 35.5. The molecule has 2 aromatic heterocycles. The molecule has 1 saturated carbocycles. The van der Waals surface area contributed by atoms with Crippen molar-refractivity contribution in [2.24, 2.45) is 5.92 Å². The number of rotatable bonds is 6. The first-order valence-electron chi connectivity index (χ1n) is 11.8. The van der Waals surface area contributed by atoms with E-state index in [1.54, 1.807) is 30.5 Å². The number of imidazole rings is 1. The molecule has 0 aliphatic heterocycles. The van der Waals surface area contributed by atoms with Gasteiger partial charge in [0, 0.05) is 29.5 Å². The molecule has 0 spiro atoms. The van der Waals surface area contributed by atoms with E-state index in [0.29, 0.717) is 33.9 Å². The van der Waals surface area contributed by atoms with Crippen LogP contribution in [0.2, 0.25) is 5.02 Å². The van der Waals surface area contributed by atoms with Crippen LogP contribution in [0.5, 0.6) is 0 Å². The Balaban J connectivity index is 1.28. The Morgan fingerprint density at radius 2 is 1.71 bits per heavy atom. The van der Waals surface area contributed by atoms with Gasteiger partial charge < -0.3 is 14.8 Å². The normalized spacial score (nSPS) is 17.9. The molecular weight excluding hydrogens is 462 g/mol. The Morgan fingerprint density at radius 3 is 2.43 bits per heavy atom. The van der Waals surface area contributed by atoms with Gasteiger partial charge in [-0.2, -0.15) is 0 Å². The number of amides is 1. The number of carboxylic acids is 1. The van der Waals surface area contributed by atoms with Crippen molar-refractivity contribution in [2.75, 3.05) is 5.32 Å². The minimum atomic E-state index is -0.693. The van der Waals surface area contributed by atoms with Crippen molar-refractivity contribution in [2.45, 2.75) is 38.0 Å². The first-order valence-corrected chi connectivity index (χ1v) is 12.2. The van der Waals surface area contributed by atoms with E-state index in [0.717, 1.165) is 36.8 Å². The molecule has 0 bridgehead atoms. The summed E-state index contributed by atoms with van der Waals surface area (Å²) in [6.45, 7) is 0. The summed E-state index contributed by atoms with van der Waals surface area (Å²) in [5.74, 6) is -0.186. The maximum atomic E-state index is 12.7. The summed E-state index contributed by atoms with van der Waals surface area (Å²) in [6.07, 6.45) is 8.02. The monoisotopic (exact) mass is 487 g/mol. The van der Waals surface area contributed by atoms with Gasteiger partial charge in [0.2, 0.25) is 0 Å². The molecule has 1 amide bonds. The molecule has 2 heterocycles. The second kappa shape index (κ2) is 9.92. The molecular formula is C28H26ClN3O3. The quantitative estimate of drug-likeness (QED) is 0.318. The minimum Gasteiger partial charge on any atom is -0.481 e. The van der Waals surface area contributed by atoms with Crippen LogP contribution in [-0.2, 0) is 4.79 Å². The Bertz CT molecular complexity index is 1370. The lowest BCUT2D eigenvalue weighted by molar-refractivity contribution is -0.138. The first-order chi connectivity index (χ1) is 16.9. The summed E-state index contributed by atoms with van der Waals surface area (Å²) < 4.78 is 1.86. The minimum absolute atomic E-state index is 0.284. The highest BCUT2D eigenvalue weighted by Crippen LogP contribution is 2.37. The Kier molecular flexibility index (Phi) is 6.55. The number of nitrogens with zero attached hydrogens (tertiary/aromatic N) is 2. The van der Waals surface area contributed by atoms with E-state index in [-0.39, 0.29) is 12.3 Å². The van der Waals surface area contributed by atoms with Crippen LogP contribution < -0.4 is 5.32 Å². The molecule has 1 fully saturated rings. The van der Waals surface area contributed by atoms with E-state index >= 15 is 0 Å². The third-order valence-corrected chi connectivity index (χ3v) is 7.03. The maximum absolute atomic E-state index is 12.7. The van der Waals surface area contributed by atoms with Crippen LogP contribution in [0.25, 0.3) is 16.8 Å². The number of pyridine rings is 1. The van der Waals surface area contributed by atoms with Gasteiger partial charge in [-0.1, -0.05) is 41.9 Å². The largest absolute Gasteiger partial charge is 0.481 e. The molecule has 2 N–H and O–H groups in total. The van der Waals surface area contributed by atoms with E-state index < -0.39 is 5.97 Å². The second-order valence-corrected chi connectivity index (χ2v) is 9.65. The SMILES string of the molecule is O=C(O)CC1CCC(c2ccc(-c3ccc4nc(C(=O)Nc5cccc(Cl)c5)cn4c3)cc2)CC1. The fraction of sp³-hybridized carbons (Fsp3) is 0.250. The molecule has 2 aromatic carbocycles. The van der Waals surface area contributed by atoms with Gasteiger partial charge in [-0.25, -0.2) is 4.98 Å². The summed E-state index contributed by atoms with van der Waals surface area (Å²) in [5.41, 5.74) is 5.08. The van der Waals surface area contributed by atoms with E-state index in [9.17, 15) is 9.59 Å². The number of aliphatic carboxylic acids is 1. The lowest BCUT2D eigenvalue weighted by Gasteiger charge is -2.28. The molecule has 0 unspecified atom stereocenters. The van der Waals surface area contributed by atoms with Crippen molar-refractivity contribution in [3.8, 4) is 11.1 Å². The number of anilines is 1. The number of halogens is 1. The first kappa shape index (κ1) is 23.1. The van der Waals surface area contributed by atoms with Crippen molar-refractivity contribution < 1.29 is 14.7 Å². The average Bonchev–Trinajstić information content (AvgIpc) is 3.28. The van der Waals surface area contributed by atoms with Gasteiger partial charge in [-0.3, -0.25) is 9.59 Å².